The number of aryl methyl sites for hydroxylation is 1. The molecule has 4 rings (SSSR count). The highest BCUT2D eigenvalue weighted by Gasteiger charge is 2.21. The minimum absolute atomic E-state index is 0.188. The molecule has 1 aromatic carbocycles. The number of ether oxygens (including phenoxy) is 2. The van der Waals surface area contributed by atoms with Crippen LogP contribution in [0.15, 0.2) is 40.8 Å². The Morgan fingerprint density at radius 3 is 2.90 bits per heavy atom. The van der Waals surface area contributed by atoms with Crippen LogP contribution in [0.25, 0.3) is 17.2 Å². The second-order valence-corrected chi connectivity index (χ2v) is 7.41. The molecule has 2 aromatic heterocycles. The number of hydrogen-bond acceptors (Lipinski definition) is 6. The number of ketones is 1. The Hall–Kier alpha value is -3.19. The summed E-state index contributed by atoms with van der Waals surface area (Å²) in [6, 6.07) is 9.16. The van der Waals surface area contributed by atoms with E-state index in [4.69, 9.17) is 13.9 Å². The summed E-state index contributed by atoms with van der Waals surface area (Å²) in [5.41, 5.74) is 3.78. The molecule has 7 nitrogen and oxygen atoms in total. The minimum Gasteiger partial charge on any atom is -0.454 e. The molecule has 0 bridgehead atoms. The summed E-state index contributed by atoms with van der Waals surface area (Å²) in [6.07, 6.45) is 4.93. The molecule has 3 aromatic rings. The molecule has 0 radical (unpaired) electrons. The lowest BCUT2D eigenvalue weighted by Gasteiger charge is -2.14. The molecule has 7 heteroatoms. The molecule has 0 aliphatic carbocycles. The van der Waals surface area contributed by atoms with Gasteiger partial charge in [0.1, 0.15) is 5.52 Å². The highest BCUT2D eigenvalue weighted by atomic mass is 16.5. The number of esters is 1. The molecule has 1 atom stereocenters. The van der Waals surface area contributed by atoms with Crippen LogP contribution in [-0.4, -0.2) is 40.6 Å². The van der Waals surface area contributed by atoms with E-state index < -0.39 is 5.97 Å². The van der Waals surface area contributed by atoms with Crippen LogP contribution in [0.5, 0.6) is 0 Å². The molecule has 0 N–H and O–H groups in total. The van der Waals surface area contributed by atoms with Gasteiger partial charge in [-0.2, -0.15) is 0 Å². The van der Waals surface area contributed by atoms with Gasteiger partial charge in [0.25, 0.3) is 0 Å². The van der Waals surface area contributed by atoms with E-state index in [0.29, 0.717) is 22.6 Å². The van der Waals surface area contributed by atoms with Crippen LogP contribution in [0.2, 0.25) is 0 Å². The fourth-order valence-electron chi connectivity index (χ4n) is 3.72. The molecular formula is C23H24N2O5. The smallest absolute Gasteiger partial charge is 0.331 e. The van der Waals surface area contributed by atoms with E-state index in [1.165, 1.54) is 12.2 Å². The molecule has 0 amide bonds. The summed E-state index contributed by atoms with van der Waals surface area (Å²) in [6.45, 7) is 5.08. The van der Waals surface area contributed by atoms with Crippen LogP contribution in [0, 0.1) is 13.8 Å². The van der Waals surface area contributed by atoms with Crippen molar-refractivity contribution in [3.05, 3.63) is 59.2 Å². The first-order chi connectivity index (χ1) is 14.5. The molecule has 0 unspecified atom stereocenters. The maximum Gasteiger partial charge on any atom is 0.331 e. The van der Waals surface area contributed by atoms with Gasteiger partial charge < -0.3 is 18.5 Å². The van der Waals surface area contributed by atoms with Crippen LogP contribution in [-0.2, 0) is 20.8 Å². The summed E-state index contributed by atoms with van der Waals surface area (Å²) in [5.74, 6) is -0.554. The van der Waals surface area contributed by atoms with Crippen molar-refractivity contribution in [2.45, 2.75) is 39.3 Å². The average molecular weight is 408 g/mol. The van der Waals surface area contributed by atoms with Gasteiger partial charge in [-0.05, 0) is 44.9 Å². The predicted molar refractivity (Wildman–Crippen MR) is 111 cm³/mol. The molecular weight excluding hydrogens is 384 g/mol. The zero-order valence-corrected chi connectivity index (χ0v) is 17.1. The Morgan fingerprint density at radius 1 is 1.30 bits per heavy atom. The van der Waals surface area contributed by atoms with E-state index in [0.717, 1.165) is 37.4 Å². The van der Waals surface area contributed by atoms with Gasteiger partial charge in [-0.25, -0.2) is 9.78 Å². The second-order valence-electron chi connectivity index (χ2n) is 7.41. The van der Waals surface area contributed by atoms with E-state index in [2.05, 4.69) is 9.55 Å². The third-order valence-electron chi connectivity index (χ3n) is 5.30. The number of rotatable bonds is 7. The zero-order chi connectivity index (χ0) is 21.1. The summed E-state index contributed by atoms with van der Waals surface area (Å²) >= 11 is 0. The second kappa shape index (κ2) is 8.67. The zero-order valence-electron chi connectivity index (χ0n) is 17.1. The average Bonchev–Trinajstić information content (AvgIpc) is 3.46. The van der Waals surface area contributed by atoms with Gasteiger partial charge in [-0.3, -0.25) is 4.79 Å². The van der Waals surface area contributed by atoms with Gasteiger partial charge in [-0.1, -0.05) is 12.1 Å². The molecule has 1 aliphatic rings. The van der Waals surface area contributed by atoms with E-state index in [-0.39, 0.29) is 18.5 Å². The van der Waals surface area contributed by atoms with Crippen molar-refractivity contribution < 1.29 is 23.5 Å². The maximum absolute atomic E-state index is 12.6. The number of nitrogens with zero attached hydrogens (tertiary/aromatic N) is 2. The van der Waals surface area contributed by atoms with Gasteiger partial charge in [-0.15, -0.1) is 0 Å². The summed E-state index contributed by atoms with van der Waals surface area (Å²) in [7, 11) is 0. The fraction of sp³-hybridized carbons (Fsp3) is 0.348. The van der Waals surface area contributed by atoms with Crippen molar-refractivity contribution in [2.75, 3.05) is 13.2 Å². The number of Topliss-reactive ketones (excluding diaryl/α,β-unsaturated/α-hetero) is 1. The van der Waals surface area contributed by atoms with Gasteiger partial charge in [0.05, 0.1) is 6.10 Å². The van der Waals surface area contributed by atoms with Crippen LogP contribution < -0.4 is 0 Å². The number of aromatic nitrogens is 2. The third kappa shape index (κ3) is 4.36. The van der Waals surface area contributed by atoms with E-state index in [1.807, 2.05) is 38.1 Å². The molecule has 30 heavy (non-hydrogen) atoms. The topological polar surface area (TPSA) is 83.6 Å². The van der Waals surface area contributed by atoms with Gasteiger partial charge in [0.15, 0.2) is 12.2 Å². The van der Waals surface area contributed by atoms with Crippen LogP contribution in [0.3, 0.4) is 0 Å². The van der Waals surface area contributed by atoms with Crippen LogP contribution in [0.4, 0.5) is 0 Å². The first-order valence-electron chi connectivity index (χ1n) is 10.0. The van der Waals surface area contributed by atoms with Crippen molar-refractivity contribution in [2.24, 2.45) is 0 Å². The third-order valence-corrected chi connectivity index (χ3v) is 5.30. The number of carbonyl (C=O) groups is 2. The Kier molecular flexibility index (Phi) is 5.81. The minimum atomic E-state index is -0.626. The highest BCUT2D eigenvalue weighted by molar-refractivity contribution is 6.00. The Labute approximate surface area is 174 Å². The molecule has 156 valence electrons. The number of hydrogen-bond donors (Lipinski definition) is 0. The van der Waals surface area contributed by atoms with Gasteiger partial charge in [0, 0.05) is 42.3 Å². The SMILES string of the molecule is Cc1cc(C(=O)COC(=O)/C=C/c2nc3ccccc3o2)c(C)n1C[C@H]1CCCO1. The standard InChI is InChI=1S/C23H24N2O5/c1-15-12-18(16(2)25(15)13-17-6-5-11-28-17)20(26)14-29-23(27)10-9-22-24-19-7-3-4-8-21(19)30-22/h3-4,7-10,12,17H,5-6,11,13-14H2,1-2H3/b10-9+/t17-/m1/s1. The Bertz CT molecular complexity index is 1070. The highest BCUT2D eigenvalue weighted by Crippen LogP contribution is 2.21. The Balaban J connectivity index is 1.35. The van der Waals surface area contributed by atoms with Crippen molar-refractivity contribution in [3.63, 3.8) is 0 Å². The van der Waals surface area contributed by atoms with Crippen LogP contribution >= 0.6 is 0 Å². The predicted octanol–water partition coefficient (Wildman–Crippen LogP) is 3.86. The van der Waals surface area contributed by atoms with E-state index >= 15 is 0 Å². The van der Waals surface area contributed by atoms with Crippen molar-refractivity contribution in [3.8, 4) is 0 Å². The monoisotopic (exact) mass is 408 g/mol. The van der Waals surface area contributed by atoms with Gasteiger partial charge >= 0.3 is 5.97 Å². The lowest BCUT2D eigenvalue weighted by atomic mass is 10.1. The molecule has 1 aliphatic heterocycles. The lowest BCUT2D eigenvalue weighted by Crippen LogP contribution is -2.18. The Morgan fingerprint density at radius 2 is 2.13 bits per heavy atom. The molecule has 1 fully saturated rings. The summed E-state index contributed by atoms with van der Waals surface area (Å²) in [5, 5.41) is 0. The normalized spacial score (nSPS) is 16.5. The van der Waals surface area contributed by atoms with E-state index in [1.54, 1.807) is 6.07 Å². The van der Waals surface area contributed by atoms with Gasteiger partial charge in [0.2, 0.25) is 11.7 Å². The fourth-order valence-corrected chi connectivity index (χ4v) is 3.72. The van der Waals surface area contributed by atoms with Crippen molar-refractivity contribution in [1.29, 1.82) is 0 Å². The number of oxazole rings is 1. The number of para-hydroxylation sites is 2. The summed E-state index contributed by atoms with van der Waals surface area (Å²) in [4.78, 5) is 28.8. The van der Waals surface area contributed by atoms with Crippen molar-refractivity contribution in [1.82, 2.24) is 9.55 Å². The number of carbonyl (C=O) groups excluding carboxylic acids is 2. The molecule has 3 heterocycles. The number of fused-ring (bicyclic) bond motifs is 1. The molecule has 1 saturated heterocycles. The largest absolute Gasteiger partial charge is 0.454 e. The summed E-state index contributed by atoms with van der Waals surface area (Å²) < 4.78 is 18.4. The van der Waals surface area contributed by atoms with Crippen molar-refractivity contribution >= 4 is 28.9 Å². The van der Waals surface area contributed by atoms with Crippen LogP contribution in [0.1, 0.15) is 40.5 Å². The lowest BCUT2D eigenvalue weighted by molar-refractivity contribution is -0.136. The van der Waals surface area contributed by atoms with E-state index in [9.17, 15) is 9.59 Å². The number of benzene rings is 1. The quantitative estimate of drug-likeness (QED) is 0.335. The first kappa shape index (κ1) is 20.1. The first-order valence-corrected chi connectivity index (χ1v) is 10.0. The maximum atomic E-state index is 12.6. The molecule has 0 saturated carbocycles. The molecule has 0 spiro atoms.